The number of anilines is 1. The second-order valence-electron chi connectivity index (χ2n) is 13.5. The fraction of sp³-hybridized carbons (Fsp3) is 0.629. The number of piperazine rings is 1. The van der Waals surface area contributed by atoms with Crippen LogP contribution in [0.2, 0.25) is 0 Å². The van der Waals surface area contributed by atoms with E-state index in [9.17, 15) is 19.2 Å². The molecule has 48 heavy (non-hydrogen) atoms. The summed E-state index contributed by atoms with van der Waals surface area (Å²) in [5, 5.41) is 12.8. The van der Waals surface area contributed by atoms with Crippen LogP contribution in [0.1, 0.15) is 74.8 Å². The second-order valence-corrected chi connectivity index (χ2v) is 13.5. The molecule has 0 bridgehead atoms. The van der Waals surface area contributed by atoms with Crippen LogP contribution >= 0.6 is 0 Å². The molecular formula is C35H50FN7O5. The van der Waals surface area contributed by atoms with Gasteiger partial charge in [-0.1, -0.05) is 19.9 Å². The molecule has 1 unspecified atom stereocenters. The second kappa shape index (κ2) is 15.6. The minimum absolute atomic E-state index is 0.0129. The van der Waals surface area contributed by atoms with Crippen molar-refractivity contribution in [2.45, 2.75) is 83.5 Å². The molecule has 262 valence electrons. The first kappa shape index (κ1) is 35.5. The molecule has 1 aromatic carbocycles. The number of benzene rings is 1. The maximum absolute atomic E-state index is 15.8. The van der Waals surface area contributed by atoms with Crippen molar-refractivity contribution in [2.24, 2.45) is 17.8 Å². The Balaban J connectivity index is 1.33. The number of ether oxygens (including phenoxy) is 1. The van der Waals surface area contributed by atoms with Crippen LogP contribution < -0.4 is 16.0 Å². The molecule has 1 aromatic heterocycles. The Bertz CT molecular complexity index is 1460. The summed E-state index contributed by atoms with van der Waals surface area (Å²) in [6, 6.07) is 4.38. The number of amides is 4. The van der Waals surface area contributed by atoms with Gasteiger partial charge >= 0.3 is 0 Å². The number of nitrogens with one attached hydrogen (secondary N) is 3. The number of hydrogen-bond donors (Lipinski definition) is 3. The third-order valence-corrected chi connectivity index (χ3v) is 10.2. The molecule has 2 aromatic rings. The lowest BCUT2D eigenvalue weighted by molar-refractivity contribution is -0.139. The van der Waals surface area contributed by atoms with Crippen molar-refractivity contribution in [2.75, 3.05) is 45.7 Å². The van der Waals surface area contributed by atoms with Crippen LogP contribution in [0.25, 0.3) is 0 Å². The average Bonchev–Trinajstić information content (AvgIpc) is 4.03. The predicted molar refractivity (Wildman–Crippen MR) is 179 cm³/mol. The lowest BCUT2D eigenvalue weighted by Crippen LogP contribution is -2.59. The number of carbonyl (C=O) groups is 4. The molecule has 12 nitrogen and oxygen atoms in total. The van der Waals surface area contributed by atoms with Crippen LogP contribution in [0, 0.1) is 23.6 Å². The van der Waals surface area contributed by atoms with E-state index < -0.39 is 29.7 Å². The molecule has 3 fully saturated rings. The Morgan fingerprint density at radius 3 is 2.33 bits per heavy atom. The van der Waals surface area contributed by atoms with Gasteiger partial charge in [-0.3, -0.25) is 28.8 Å². The third kappa shape index (κ3) is 8.23. The summed E-state index contributed by atoms with van der Waals surface area (Å²) in [5.41, 5.74) is 0.866. The quantitative estimate of drug-likeness (QED) is 0.266. The molecule has 0 spiro atoms. The van der Waals surface area contributed by atoms with E-state index >= 15 is 4.39 Å². The maximum Gasteiger partial charge on any atom is 0.270 e. The molecule has 5 rings (SSSR count). The van der Waals surface area contributed by atoms with Gasteiger partial charge in [-0.05, 0) is 81.2 Å². The van der Waals surface area contributed by atoms with Crippen LogP contribution in [0.3, 0.4) is 0 Å². The van der Waals surface area contributed by atoms with Gasteiger partial charge in [0.05, 0.1) is 18.3 Å². The zero-order valence-electron chi connectivity index (χ0n) is 28.7. The van der Waals surface area contributed by atoms with E-state index in [1.54, 1.807) is 48.9 Å². The van der Waals surface area contributed by atoms with E-state index in [4.69, 9.17) is 4.74 Å². The SMILES string of the molecule is CCC(=O)N[C@@H](C(=O)N1CCN(C)C(COC)C1)[C@@H](C)c1ccc(NC(=O)[C@@H](NC(=O)c2ccnn2CC)C(C2CC2)C2CC2)c(F)c1. The molecule has 0 radical (unpaired) electrons. The van der Waals surface area contributed by atoms with E-state index in [1.807, 2.05) is 14.0 Å². The van der Waals surface area contributed by atoms with Crippen LogP contribution in [-0.2, 0) is 25.7 Å². The maximum atomic E-state index is 15.8. The highest BCUT2D eigenvalue weighted by molar-refractivity contribution is 6.01. The first-order valence-corrected chi connectivity index (χ1v) is 17.3. The predicted octanol–water partition coefficient (Wildman–Crippen LogP) is 3.00. The molecule has 4 amide bonds. The molecule has 2 heterocycles. The molecule has 3 aliphatic rings. The molecule has 1 saturated heterocycles. The summed E-state index contributed by atoms with van der Waals surface area (Å²) in [7, 11) is 3.61. The number of aryl methyl sites for hydroxylation is 1. The fourth-order valence-corrected chi connectivity index (χ4v) is 6.93. The van der Waals surface area contributed by atoms with Crippen LogP contribution in [0.15, 0.2) is 30.5 Å². The topological polar surface area (TPSA) is 138 Å². The van der Waals surface area contributed by atoms with Gasteiger partial charge in [0.1, 0.15) is 23.6 Å². The van der Waals surface area contributed by atoms with Gasteiger partial charge in [-0.25, -0.2) is 4.39 Å². The highest BCUT2D eigenvalue weighted by Crippen LogP contribution is 2.51. The summed E-state index contributed by atoms with van der Waals surface area (Å²) in [4.78, 5) is 57.5. The molecule has 2 aliphatic carbocycles. The highest BCUT2D eigenvalue weighted by atomic mass is 19.1. The summed E-state index contributed by atoms with van der Waals surface area (Å²) in [6.07, 6.45) is 5.77. The summed E-state index contributed by atoms with van der Waals surface area (Å²) in [6.45, 7) is 7.99. The number of halogens is 1. The first-order valence-electron chi connectivity index (χ1n) is 17.3. The number of nitrogens with zero attached hydrogens (tertiary/aromatic N) is 4. The number of rotatable bonds is 15. The third-order valence-electron chi connectivity index (χ3n) is 10.2. The smallest absolute Gasteiger partial charge is 0.270 e. The van der Waals surface area contributed by atoms with E-state index in [0.29, 0.717) is 55.9 Å². The van der Waals surface area contributed by atoms with Crippen molar-refractivity contribution in [1.29, 1.82) is 0 Å². The molecule has 13 heteroatoms. The Morgan fingerprint density at radius 2 is 1.73 bits per heavy atom. The van der Waals surface area contributed by atoms with E-state index in [0.717, 1.165) is 25.7 Å². The highest BCUT2D eigenvalue weighted by Gasteiger charge is 2.48. The Kier molecular flexibility index (Phi) is 11.5. The number of methoxy groups -OCH3 is 1. The van der Waals surface area contributed by atoms with Crippen LogP contribution in [0.4, 0.5) is 10.1 Å². The zero-order valence-corrected chi connectivity index (χ0v) is 28.7. The molecule has 3 N–H and O–H groups in total. The summed E-state index contributed by atoms with van der Waals surface area (Å²) >= 11 is 0. The van der Waals surface area contributed by atoms with Crippen LogP contribution in [0.5, 0.6) is 0 Å². The van der Waals surface area contributed by atoms with E-state index in [1.165, 1.54) is 12.1 Å². The minimum Gasteiger partial charge on any atom is -0.383 e. The average molecular weight is 668 g/mol. The van der Waals surface area contributed by atoms with E-state index in [2.05, 4.69) is 25.9 Å². The van der Waals surface area contributed by atoms with Crippen molar-refractivity contribution in [3.05, 3.63) is 47.5 Å². The minimum atomic E-state index is -0.905. The monoisotopic (exact) mass is 667 g/mol. The number of hydrogen-bond acceptors (Lipinski definition) is 7. The lowest BCUT2D eigenvalue weighted by atomic mass is 9.88. The van der Waals surface area contributed by atoms with Crippen molar-refractivity contribution in [1.82, 2.24) is 30.2 Å². The van der Waals surface area contributed by atoms with Crippen molar-refractivity contribution in [3.63, 3.8) is 0 Å². The van der Waals surface area contributed by atoms with Gasteiger partial charge in [0.25, 0.3) is 5.91 Å². The van der Waals surface area contributed by atoms with E-state index in [-0.39, 0.29) is 41.8 Å². The van der Waals surface area contributed by atoms with Gasteiger partial charge in [-0.15, -0.1) is 0 Å². The number of aromatic nitrogens is 2. The molecule has 2 saturated carbocycles. The van der Waals surface area contributed by atoms with Gasteiger partial charge < -0.3 is 25.6 Å². The fourth-order valence-electron chi connectivity index (χ4n) is 6.93. The number of likely N-dealkylation sites (N-methyl/N-ethyl adjacent to an activating group) is 1. The lowest BCUT2D eigenvalue weighted by Gasteiger charge is -2.41. The van der Waals surface area contributed by atoms with Crippen molar-refractivity contribution < 1.29 is 28.3 Å². The first-order chi connectivity index (χ1) is 23.1. The Labute approximate surface area is 282 Å². The molecular weight excluding hydrogens is 617 g/mol. The normalized spacial score (nSPS) is 20.2. The molecule has 4 atom stereocenters. The largest absolute Gasteiger partial charge is 0.383 e. The Hall–Kier alpha value is -3.84. The van der Waals surface area contributed by atoms with Crippen molar-refractivity contribution in [3.8, 4) is 0 Å². The zero-order chi connectivity index (χ0) is 34.5. The van der Waals surface area contributed by atoms with Gasteiger partial charge in [0, 0.05) is 51.8 Å². The van der Waals surface area contributed by atoms with Crippen molar-refractivity contribution >= 4 is 29.3 Å². The Morgan fingerprint density at radius 1 is 1.02 bits per heavy atom. The van der Waals surface area contributed by atoms with Crippen LogP contribution in [-0.4, -0.2) is 102 Å². The standard InChI is InChI=1S/C35H50FN7O5/c1-6-29(44)39-31(35(47)42-17-16-41(4)25(19-42)20-48-5)21(3)24-12-13-27(26(36)18-24)38-34(46)32(30(22-8-9-22)23-10-11-23)40-33(45)28-14-15-37-43(28)7-2/h12-15,18,21-23,25,30-32H,6-11,16-17,19-20H2,1-5H3,(H,38,46)(H,39,44)(H,40,45)/t21-,25?,31+,32-/m0/s1. The van der Waals surface area contributed by atoms with Gasteiger partial charge in [0.15, 0.2) is 0 Å². The van der Waals surface area contributed by atoms with Gasteiger partial charge in [-0.2, -0.15) is 5.10 Å². The summed E-state index contributed by atoms with van der Waals surface area (Å²) in [5.74, 6) is -1.91. The summed E-state index contributed by atoms with van der Waals surface area (Å²) < 4.78 is 22.7. The number of carbonyl (C=O) groups excluding carboxylic acids is 4. The van der Waals surface area contributed by atoms with Gasteiger partial charge in [0.2, 0.25) is 17.7 Å². The molecule has 1 aliphatic heterocycles.